The van der Waals surface area contributed by atoms with Crippen molar-refractivity contribution in [1.29, 1.82) is 0 Å². The molecule has 1 unspecified atom stereocenters. The zero-order chi connectivity index (χ0) is 21.0. The Hall–Kier alpha value is -2.06. The molecule has 0 spiro atoms. The van der Waals surface area contributed by atoms with Gasteiger partial charge in [-0.15, -0.1) is 0 Å². The average molecular weight is 480 g/mol. The summed E-state index contributed by atoms with van der Waals surface area (Å²) in [5, 5.41) is 2.90. The molecule has 0 aliphatic carbocycles. The second-order valence-corrected chi connectivity index (χ2v) is 10.1. The number of anilines is 2. The van der Waals surface area contributed by atoms with Crippen LogP contribution < -0.4 is 14.5 Å². The summed E-state index contributed by atoms with van der Waals surface area (Å²) in [5.41, 5.74) is 2.61. The van der Waals surface area contributed by atoms with Gasteiger partial charge in [-0.25, -0.2) is 8.42 Å². The highest BCUT2D eigenvalue weighted by Gasteiger charge is 2.23. The molecular formula is C21H26BrN3O3S. The van der Waals surface area contributed by atoms with Crippen molar-refractivity contribution in [1.82, 2.24) is 5.32 Å². The summed E-state index contributed by atoms with van der Waals surface area (Å²) in [6, 6.07) is 14.9. The van der Waals surface area contributed by atoms with E-state index >= 15 is 0 Å². The molecule has 1 N–H and O–H groups in total. The highest BCUT2D eigenvalue weighted by atomic mass is 79.9. The molecule has 1 heterocycles. The van der Waals surface area contributed by atoms with E-state index in [9.17, 15) is 13.2 Å². The second kappa shape index (κ2) is 9.17. The van der Waals surface area contributed by atoms with Gasteiger partial charge in [0.2, 0.25) is 15.9 Å². The average Bonchev–Trinajstić information content (AvgIpc) is 3.21. The Labute approximate surface area is 181 Å². The minimum atomic E-state index is -3.61. The largest absolute Gasteiger partial charge is 0.372 e. The summed E-state index contributed by atoms with van der Waals surface area (Å²) in [7, 11) is -3.61. The minimum Gasteiger partial charge on any atom is -0.372 e. The maximum Gasteiger partial charge on any atom is 0.241 e. The molecular weight excluding hydrogens is 454 g/mol. The Bertz CT molecular complexity index is 957. The molecule has 0 aromatic heterocycles. The number of para-hydroxylation sites is 1. The lowest BCUT2D eigenvalue weighted by atomic mass is 10.1. The molecule has 0 bridgehead atoms. The molecule has 1 aliphatic heterocycles. The van der Waals surface area contributed by atoms with Gasteiger partial charge in [-0.2, -0.15) is 0 Å². The number of hydrogen-bond donors (Lipinski definition) is 1. The van der Waals surface area contributed by atoms with Crippen LogP contribution in [-0.4, -0.2) is 40.2 Å². The van der Waals surface area contributed by atoms with Crippen molar-refractivity contribution < 1.29 is 13.2 Å². The van der Waals surface area contributed by atoms with E-state index in [1.54, 1.807) is 24.3 Å². The molecule has 1 aliphatic rings. The van der Waals surface area contributed by atoms with Crippen molar-refractivity contribution in [3.8, 4) is 0 Å². The standard InChI is InChI=1S/C21H26BrN3O3S/c1-16(17-9-11-18(12-10-17)24-13-5-6-14-24)23-21(26)15-25(29(2,27)28)20-8-4-3-7-19(20)22/h3-4,7-12,16H,5-6,13-15H2,1-2H3,(H,23,26). The number of carbonyl (C=O) groups excluding carboxylic acids is 1. The first-order chi connectivity index (χ1) is 13.8. The van der Waals surface area contributed by atoms with Crippen LogP contribution >= 0.6 is 15.9 Å². The third-order valence-electron chi connectivity index (χ3n) is 5.05. The van der Waals surface area contributed by atoms with Gasteiger partial charge in [0.05, 0.1) is 18.0 Å². The monoisotopic (exact) mass is 479 g/mol. The Balaban J connectivity index is 1.67. The van der Waals surface area contributed by atoms with E-state index in [1.165, 1.54) is 18.5 Å². The molecule has 2 aromatic rings. The fraction of sp³-hybridized carbons (Fsp3) is 0.381. The summed E-state index contributed by atoms with van der Waals surface area (Å²) < 4.78 is 26.2. The summed E-state index contributed by atoms with van der Waals surface area (Å²) in [6.07, 6.45) is 3.55. The summed E-state index contributed by atoms with van der Waals surface area (Å²) in [4.78, 5) is 15.0. The number of benzene rings is 2. The lowest BCUT2D eigenvalue weighted by Crippen LogP contribution is -2.41. The van der Waals surface area contributed by atoms with Crippen molar-refractivity contribution >= 4 is 43.2 Å². The predicted molar refractivity (Wildman–Crippen MR) is 121 cm³/mol. The van der Waals surface area contributed by atoms with Gasteiger partial charge < -0.3 is 10.2 Å². The molecule has 1 saturated heterocycles. The van der Waals surface area contributed by atoms with Gasteiger partial charge in [0.25, 0.3) is 0 Å². The number of sulfonamides is 1. The van der Waals surface area contributed by atoms with E-state index < -0.39 is 10.0 Å². The van der Waals surface area contributed by atoms with Crippen LogP contribution in [-0.2, 0) is 14.8 Å². The fourth-order valence-corrected chi connectivity index (χ4v) is 4.97. The SMILES string of the molecule is CC(NC(=O)CN(c1ccccc1Br)S(C)(=O)=O)c1ccc(N2CCCC2)cc1. The van der Waals surface area contributed by atoms with Gasteiger partial charge in [-0.05, 0) is 65.5 Å². The minimum absolute atomic E-state index is 0.226. The van der Waals surface area contributed by atoms with Crippen molar-refractivity contribution in [2.24, 2.45) is 0 Å². The molecule has 0 radical (unpaired) electrons. The quantitative estimate of drug-likeness (QED) is 0.657. The van der Waals surface area contributed by atoms with Crippen molar-refractivity contribution in [2.75, 3.05) is 35.1 Å². The lowest BCUT2D eigenvalue weighted by molar-refractivity contribution is -0.120. The highest BCUT2D eigenvalue weighted by molar-refractivity contribution is 9.10. The van der Waals surface area contributed by atoms with Gasteiger partial charge >= 0.3 is 0 Å². The Kier molecular flexibility index (Phi) is 6.85. The molecule has 156 valence electrons. The van der Waals surface area contributed by atoms with Gasteiger partial charge in [-0.3, -0.25) is 9.10 Å². The summed E-state index contributed by atoms with van der Waals surface area (Å²) in [5.74, 6) is -0.359. The van der Waals surface area contributed by atoms with E-state index in [1.807, 2.05) is 19.1 Å². The second-order valence-electron chi connectivity index (χ2n) is 7.30. The Morgan fingerprint density at radius 1 is 1.14 bits per heavy atom. The van der Waals surface area contributed by atoms with Gasteiger partial charge in [-0.1, -0.05) is 24.3 Å². The molecule has 29 heavy (non-hydrogen) atoms. The van der Waals surface area contributed by atoms with Crippen molar-refractivity contribution in [3.63, 3.8) is 0 Å². The normalized spacial score (nSPS) is 15.2. The van der Waals surface area contributed by atoms with Crippen LogP contribution in [0, 0.1) is 0 Å². The molecule has 8 heteroatoms. The zero-order valence-corrected chi connectivity index (χ0v) is 19.0. The summed E-state index contributed by atoms with van der Waals surface area (Å²) >= 11 is 3.36. The van der Waals surface area contributed by atoms with Crippen LogP contribution in [0.25, 0.3) is 0 Å². The molecule has 6 nitrogen and oxygen atoms in total. The Morgan fingerprint density at radius 3 is 2.34 bits per heavy atom. The summed E-state index contributed by atoms with van der Waals surface area (Å²) in [6.45, 7) is 3.79. The number of carbonyl (C=O) groups is 1. The van der Waals surface area contributed by atoms with Crippen LogP contribution in [0.4, 0.5) is 11.4 Å². The number of nitrogens with one attached hydrogen (secondary N) is 1. The van der Waals surface area contributed by atoms with Crippen LogP contribution in [0.5, 0.6) is 0 Å². The number of nitrogens with zero attached hydrogens (tertiary/aromatic N) is 2. The maximum absolute atomic E-state index is 12.6. The van der Waals surface area contributed by atoms with E-state index in [0.29, 0.717) is 10.2 Å². The zero-order valence-electron chi connectivity index (χ0n) is 16.6. The van der Waals surface area contributed by atoms with Crippen molar-refractivity contribution in [2.45, 2.75) is 25.8 Å². The Morgan fingerprint density at radius 2 is 1.76 bits per heavy atom. The lowest BCUT2D eigenvalue weighted by Gasteiger charge is -2.24. The molecule has 0 saturated carbocycles. The van der Waals surface area contributed by atoms with Gasteiger partial charge in [0, 0.05) is 23.2 Å². The van der Waals surface area contributed by atoms with Crippen LogP contribution in [0.15, 0.2) is 53.0 Å². The molecule has 3 rings (SSSR count). The van der Waals surface area contributed by atoms with Crippen LogP contribution in [0.2, 0.25) is 0 Å². The highest BCUT2D eigenvalue weighted by Crippen LogP contribution is 2.27. The predicted octanol–water partition coefficient (Wildman–Crippen LogP) is 3.69. The van der Waals surface area contributed by atoms with E-state index in [-0.39, 0.29) is 18.5 Å². The number of rotatable bonds is 7. The molecule has 2 aromatic carbocycles. The smallest absolute Gasteiger partial charge is 0.241 e. The topological polar surface area (TPSA) is 69.7 Å². The molecule has 1 fully saturated rings. The molecule has 1 atom stereocenters. The molecule has 1 amide bonds. The first-order valence-electron chi connectivity index (χ1n) is 9.62. The first kappa shape index (κ1) is 21.6. The number of amides is 1. The number of halogens is 1. The third kappa shape index (κ3) is 5.51. The number of hydrogen-bond acceptors (Lipinski definition) is 4. The fourth-order valence-electron chi connectivity index (χ4n) is 3.49. The van der Waals surface area contributed by atoms with Crippen LogP contribution in [0.3, 0.4) is 0 Å². The van der Waals surface area contributed by atoms with Gasteiger partial charge in [0.1, 0.15) is 6.54 Å². The van der Waals surface area contributed by atoms with E-state index in [4.69, 9.17) is 0 Å². The van der Waals surface area contributed by atoms with Crippen molar-refractivity contribution in [3.05, 3.63) is 58.6 Å². The third-order valence-corrected chi connectivity index (χ3v) is 6.85. The van der Waals surface area contributed by atoms with E-state index in [2.05, 4.69) is 38.3 Å². The van der Waals surface area contributed by atoms with E-state index in [0.717, 1.165) is 29.2 Å². The van der Waals surface area contributed by atoms with Gasteiger partial charge in [0.15, 0.2) is 0 Å². The first-order valence-corrected chi connectivity index (χ1v) is 12.3. The van der Waals surface area contributed by atoms with Crippen LogP contribution in [0.1, 0.15) is 31.4 Å². The maximum atomic E-state index is 12.6.